The number of nitrogens with one attached hydrogen (secondary N) is 1. The Bertz CT molecular complexity index is 1110. The third-order valence-corrected chi connectivity index (χ3v) is 4.93. The van der Waals surface area contributed by atoms with Gasteiger partial charge in [0.1, 0.15) is 5.82 Å². The topological polar surface area (TPSA) is 63.8 Å². The molecule has 0 aliphatic rings. The summed E-state index contributed by atoms with van der Waals surface area (Å²) < 4.78 is 0. The molecule has 2 aromatic heterocycles. The maximum atomic E-state index is 5.53. The van der Waals surface area contributed by atoms with Crippen LogP contribution in [0.3, 0.4) is 0 Å². The average Bonchev–Trinajstić information content (AvgIpc) is 2.72. The van der Waals surface area contributed by atoms with Gasteiger partial charge < -0.3 is 5.43 Å². The molecule has 0 saturated heterocycles. The number of rotatable bonds is 3. The molecule has 2 heterocycles. The van der Waals surface area contributed by atoms with Gasteiger partial charge in [-0.15, -0.1) is 0 Å². The SMILES string of the molecule is CC(C)(C)c1ccc(-c2nc3ccc(NN)nc3cc2-c2ccccc2)cc1. The lowest BCUT2D eigenvalue weighted by Crippen LogP contribution is -2.10. The van der Waals surface area contributed by atoms with E-state index in [0.29, 0.717) is 5.82 Å². The number of pyridine rings is 2. The molecule has 3 N–H and O–H groups in total. The Morgan fingerprint density at radius 3 is 2.11 bits per heavy atom. The van der Waals surface area contributed by atoms with E-state index in [1.807, 2.05) is 30.3 Å². The van der Waals surface area contributed by atoms with Crippen LogP contribution in [0.4, 0.5) is 5.82 Å². The van der Waals surface area contributed by atoms with Crippen molar-refractivity contribution in [2.75, 3.05) is 5.43 Å². The summed E-state index contributed by atoms with van der Waals surface area (Å²) in [7, 11) is 0. The normalized spacial score (nSPS) is 11.6. The zero-order valence-corrected chi connectivity index (χ0v) is 16.4. The maximum Gasteiger partial charge on any atom is 0.140 e. The van der Waals surface area contributed by atoms with Crippen LogP contribution in [0.1, 0.15) is 26.3 Å². The summed E-state index contributed by atoms with van der Waals surface area (Å²) in [6.45, 7) is 6.67. The van der Waals surface area contributed by atoms with Gasteiger partial charge in [0, 0.05) is 11.1 Å². The Morgan fingerprint density at radius 2 is 1.46 bits per heavy atom. The van der Waals surface area contributed by atoms with E-state index < -0.39 is 0 Å². The fourth-order valence-electron chi connectivity index (χ4n) is 3.32. The van der Waals surface area contributed by atoms with Crippen LogP contribution >= 0.6 is 0 Å². The van der Waals surface area contributed by atoms with Crippen molar-refractivity contribution in [2.24, 2.45) is 5.84 Å². The molecule has 2 aromatic carbocycles. The second kappa shape index (κ2) is 7.06. The smallest absolute Gasteiger partial charge is 0.140 e. The predicted molar refractivity (Wildman–Crippen MR) is 117 cm³/mol. The molecule has 4 nitrogen and oxygen atoms in total. The summed E-state index contributed by atoms with van der Waals surface area (Å²) in [4.78, 5) is 9.52. The average molecular weight is 368 g/mol. The molecule has 4 aromatic rings. The molecule has 0 amide bonds. The van der Waals surface area contributed by atoms with E-state index in [-0.39, 0.29) is 5.41 Å². The lowest BCUT2D eigenvalue weighted by molar-refractivity contribution is 0.590. The van der Waals surface area contributed by atoms with E-state index in [1.165, 1.54) is 5.56 Å². The van der Waals surface area contributed by atoms with Crippen molar-refractivity contribution in [1.29, 1.82) is 0 Å². The first-order valence-electron chi connectivity index (χ1n) is 9.40. The summed E-state index contributed by atoms with van der Waals surface area (Å²) in [5.41, 5.74) is 9.89. The second-order valence-electron chi connectivity index (χ2n) is 7.96. The number of hydrogen-bond acceptors (Lipinski definition) is 4. The van der Waals surface area contributed by atoms with Crippen molar-refractivity contribution in [3.8, 4) is 22.4 Å². The quantitative estimate of drug-likeness (QED) is 0.368. The number of anilines is 1. The first kappa shape index (κ1) is 18.1. The Morgan fingerprint density at radius 1 is 0.750 bits per heavy atom. The second-order valence-corrected chi connectivity index (χ2v) is 7.96. The molecular weight excluding hydrogens is 344 g/mol. The van der Waals surface area contributed by atoms with Crippen LogP contribution in [-0.4, -0.2) is 9.97 Å². The van der Waals surface area contributed by atoms with Gasteiger partial charge in [0.2, 0.25) is 0 Å². The Balaban J connectivity index is 1.93. The minimum atomic E-state index is 0.118. The van der Waals surface area contributed by atoms with Gasteiger partial charge in [-0.25, -0.2) is 15.8 Å². The Kier molecular flexibility index (Phi) is 4.57. The van der Waals surface area contributed by atoms with Crippen LogP contribution in [0.2, 0.25) is 0 Å². The fraction of sp³-hybridized carbons (Fsp3) is 0.167. The van der Waals surface area contributed by atoms with Gasteiger partial charge in [-0.2, -0.15) is 0 Å². The Hall–Kier alpha value is -3.24. The Labute approximate surface area is 165 Å². The number of nitrogens with zero attached hydrogens (tertiary/aromatic N) is 2. The van der Waals surface area contributed by atoms with Crippen molar-refractivity contribution >= 4 is 16.9 Å². The van der Waals surface area contributed by atoms with Crippen molar-refractivity contribution in [2.45, 2.75) is 26.2 Å². The molecule has 0 unspecified atom stereocenters. The number of nitrogens with two attached hydrogens (primary N) is 1. The number of nitrogen functional groups attached to an aromatic ring is 1. The molecule has 4 rings (SSSR count). The number of benzene rings is 2. The molecule has 0 bridgehead atoms. The summed E-state index contributed by atoms with van der Waals surface area (Å²) in [6, 6.07) is 24.9. The predicted octanol–water partition coefficient (Wildman–Crippen LogP) is 5.55. The summed E-state index contributed by atoms with van der Waals surface area (Å²) >= 11 is 0. The maximum absolute atomic E-state index is 5.53. The summed E-state index contributed by atoms with van der Waals surface area (Å²) in [6.07, 6.45) is 0. The van der Waals surface area contributed by atoms with Crippen LogP contribution in [-0.2, 0) is 5.41 Å². The highest BCUT2D eigenvalue weighted by Gasteiger charge is 2.16. The minimum Gasteiger partial charge on any atom is -0.308 e. The lowest BCUT2D eigenvalue weighted by Gasteiger charge is -2.19. The van der Waals surface area contributed by atoms with Crippen LogP contribution in [0.25, 0.3) is 33.4 Å². The number of hydrazine groups is 1. The first-order valence-corrected chi connectivity index (χ1v) is 9.40. The highest BCUT2D eigenvalue weighted by atomic mass is 15.2. The van der Waals surface area contributed by atoms with Gasteiger partial charge in [0.05, 0.1) is 16.7 Å². The highest BCUT2D eigenvalue weighted by Crippen LogP contribution is 2.34. The summed E-state index contributed by atoms with van der Waals surface area (Å²) in [5, 5.41) is 0. The fourth-order valence-corrected chi connectivity index (χ4v) is 3.32. The summed E-state index contributed by atoms with van der Waals surface area (Å²) in [5.74, 6) is 6.15. The third kappa shape index (κ3) is 3.47. The van der Waals surface area contributed by atoms with Gasteiger partial charge in [-0.1, -0.05) is 75.4 Å². The lowest BCUT2D eigenvalue weighted by atomic mass is 9.86. The van der Waals surface area contributed by atoms with E-state index >= 15 is 0 Å². The molecule has 0 aliphatic carbocycles. The molecule has 0 aliphatic heterocycles. The van der Waals surface area contributed by atoms with E-state index in [9.17, 15) is 0 Å². The highest BCUT2D eigenvalue weighted by molar-refractivity contribution is 5.90. The van der Waals surface area contributed by atoms with Gasteiger partial charge in [-0.05, 0) is 34.7 Å². The van der Waals surface area contributed by atoms with E-state index in [4.69, 9.17) is 10.8 Å². The molecule has 0 radical (unpaired) electrons. The molecule has 4 heteroatoms. The molecule has 0 saturated carbocycles. The van der Waals surface area contributed by atoms with Crippen LogP contribution in [0, 0.1) is 0 Å². The number of fused-ring (bicyclic) bond motifs is 1. The number of hydrogen-bond donors (Lipinski definition) is 2. The zero-order chi connectivity index (χ0) is 19.7. The van der Waals surface area contributed by atoms with Crippen molar-refractivity contribution in [1.82, 2.24) is 9.97 Å². The first-order chi connectivity index (χ1) is 13.5. The van der Waals surface area contributed by atoms with Crippen LogP contribution < -0.4 is 11.3 Å². The van der Waals surface area contributed by atoms with Gasteiger partial charge in [0.25, 0.3) is 0 Å². The standard InChI is InChI=1S/C24H24N4/c1-24(2,3)18-11-9-17(10-12-18)23-19(16-7-5-4-6-8-16)15-21-20(27-23)13-14-22(26-21)28-25/h4-15H,25H2,1-3H3,(H,26,28). The van der Waals surface area contributed by atoms with Crippen molar-refractivity contribution in [3.05, 3.63) is 78.4 Å². The molecular formula is C24H24N4. The van der Waals surface area contributed by atoms with Crippen LogP contribution in [0.5, 0.6) is 0 Å². The van der Waals surface area contributed by atoms with Gasteiger partial charge in [0.15, 0.2) is 0 Å². The molecule has 28 heavy (non-hydrogen) atoms. The van der Waals surface area contributed by atoms with Crippen LogP contribution in [0.15, 0.2) is 72.8 Å². The molecule has 0 fully saturated rings. The van der Waals surface area contributed by atoms with E-state index in [2.05, 4.69) is 73.6 Å². The van der Waals surface area contributed by atoms with E-state index in [1.54, 1.807) is 0 Å². The van der Waals surface area contributed by atoms with Crippen molar-refractivity contribution < 1.29 is 0 Å². The zero-order valence-electron chi connectivity index (χ0n) is 16.4. The van der Waals surface area contributed by atoms with E-state index in [0.717, 1.165) is 33.4 Å². The third-order valence-electron chi connectivity index (χ3n) is 4.93. The number of aromatic nitrogens is 2. The monoisotopic (exact) mass is 368 g/mol. The van der Waals surface area contributed by atoms with Gasteiger partial charge >= 0.3 is 0 Å². The molecule has 0 atom stereocenters. The minimum absolute atomic E-state index is 0.118. The molecule has 0 spiro atoms. The largest absolute Gasteiger partial charge is 0.308 e. The van der Waals surface area contributed by atoms with Crippen molar-refractivity contribution in [3.63, 3.8) is 0 Å². The molecule has 140 valence electrons. The van der Waals surface area contributed by atoms with Gasteiger partial charge in [-0.3, -0.25) is 0 Å².